The molecule has 150 valence electrons. The highest BCUT2D eigenvalue weighted by molar-refractivity contribution is 8.00. The van der Waals surface area contributed by atoms with Gasteiger partial charge in [-0.25, -0.2) is 4.79 Å². The summed E-state index contributed by atoms with van der Waals surface area (Å²) in [5, 5.41) is 12.1. The van der Waals surface area contributed by atoms with Crippen molar-refractivity contribution in [2.24, 2.45) is 0 Å². The van der Waals surface area contributed by atoms with Crippen LogP contribution in [0.15, 0.2) is 34.1 Å². The monoisotopic (exact) mass is 413 g/mol. The SMILES string of the molecule is O=C(CSc1nc(=O)n(CCO)c2c1CCC2)Nc1ccc(C(F)(F)F)cc1. The fourth-order valence-corrected chi connectivity index (χ4v) is 3.99. The second-order valence-electron chi connectivity index (χ2n) is 6.27. The van der Waals surface area contributed by atoms with Crippen LogP contribution in [0.25, 0.3) is 0 Å². The Hall–Kier alpha value is -2.33. The third-order valence-electron chi connectivity index (χ3n) is 4.36. The van der Waals surface area contributed by atoms with E-state index in [4.69, 9.17) is 5.11 Å². The van der Waals surface area contributed by atoms with Crippen molar-refractivity contribution in [3.63, 3.8) is 0 Å². The molecule has 28 heavy (non-hydrogen) atoms. The molecular formula is C18H18F3N3O3S. The molecule has 0 atom stereocenters. The van der Waals surface area contributed by atoms with Crippen LogP contribution in [0.3, 0.4) is 0 Å². The van der Waals surface area contributed by atoms with E-state index in [0.717, 1.165) is 54.4 Å². The van der Waals surface area contributed by atoms with Crippen molar-refractivity contribution in [3.05, 3.63) is 51.6 Å². The first-order valence-corrected chi connectivity index (χ1v) is 9.61. The lowest BCUT2D eigenvalue weighted by Crippen LogP contribution is -2.28. The minimum absolute atomic E-state index is 0.0239. The van der Waals surface area contributed by atoms with Gasteiger partial charge in [-0.2, -0.15) is 18.2 Å². The molecule has 0 radical (unpaired) electrons. The standard InChI is InChI=1S/C18H18F3N3O3S/c19-18(20,21)11-4-6-12(7-5-11)22-15(26)10-28-16-13-2-1-3-14(13)24(8-9-25)17(27)23-16/h4-7,25H,1-3,8-10H2,(H,22,26). The fourth-order valence-electron chi connectivity index (χ4n) is 3.11. The number of hydrogen-bond acceptors (Lipinski definition) is 5. The first kappa shape index (κ1) is 20.4. The molecule has 1 heterocycles. The Balaban J connectivity index is 1.66. The number of alkyl halides is 3. The van der Waals surface area contributed by atoms with Crippen LogP contribution in [-0.4, -0.2) is 32.9 Å². The van der Waals surface area contributed by atoms with Crippen molar-refractivity contribution in [1.29, 1.82) is 0 Å². The van der Waals surface area contributed by atoms with Crippen LogP contribution in [0.1, 0.15) is 23.2 Å². The minimum Gasteiger partial charge on any atom is -0.395 e. The van der Waals surface area contributed by atoms with E-state index in [1.165, 1.54) is 16.7 Å². The van der Waals surface area contributed by atoms with Crippen LogP contribution in [0, 0.1) is 0 Å². The zero-order chi connectivity index (χ0) is 20.3. The molecule has 0 fully saturated rings. The summed E-state index contributed by atoms with van der Waals surface area (Å²) in [5.41, 5.74) is 0.777. The number of carbonyl (C=O) groups excluding carboxylic acids is 1. The summed E-state index contributed by atoms with van der Waals surface area (Å²) in [7, 11) is 0. The van der Waals surface area contributed by atoms with Crippen molar-refractivity contribution in [2.45, 2.75) is 37.0 Å². The van der Waals surface area contributed by atoms with Gasteiger partial charge in [0.1, 0.15) is 5.03 Å². The molecule has 6 nitrogen and oxygen atoms in total. The Kier molecular flexibility index (Phi) is 6.09. The topological polar surface area (TPSA) is 84.2 Å². The first-order chi connectivity index (χ1) is 13.3. The molecule has 0 aliphatic heterocycles. The maximum atomic E-state index is 12.6. The van der Waals surface area contributed by atoms with E-state index in [0.29, 0.717) is 5.03 Å². The number of aliphatic hydroxyl groups is 1. The van der Waals surface area contributed by atoms with Gasteiger partial charge in [0.2, 0.25) is 5.91 Å². The zero-order valence-electron chi connectivity index (χ0n) is 14.8. The van der Waals surface area contributed by atoms with E-state index in [1.807, 2.05) is 0 Å². The number of aliphatic hydroxyl groups excluding tert-OH is 1. The lowest BCUT2D eigenvalue weighted by atomic mass is 10.2. The van der Waals surface area contributed by atoms with Crippen LogP contribution in [-0.2, 0) is 30.4 Å². The van der Waals surface area contributed by atoms with E-state index in [-0.39, 0.29) is 24.6 Å². The number of aromatic nitrogens is 2. The molecule has 0 spiro atoms. The van der Waals surface area contributed by atoms with Crippen molar-refractivity contribution in [3.8, 4) is 0 Å². The maximum absolute atomic E-state index is 12.6. The second-order valence-corrected chi connectivity index (χ2v) is 7.23. The van der Waals surface area contributed by atoms with E-state index in [9.17, 15) is 22.8 Å². The van der Waals surface area contributed by atoms with Crippen LogP contribution in [0.2, 0.25) is 0 Å². The normalized spacial score (nSPS) is 13.4. The third kappa shape index (κ3) is 4.56. The number of nitrogens with one attached hydrogen (secondary N) is 1. The summed E-state index contributed by atoms with van der Waals surface area (Å²) in [4.78, 5) is 28.3. The molecule has 10 heteroatoms. The van der Waals surface area contributed by atoms with Gasteiger partial charge in [0.15, 0.2) is 0 Å². The lowest BCUT2D eigenvalue weighted by Gasteiger charge is -2.13. The van der Waals surface area contributed by atoms with E-state index < -0.39 is 23.3 Å². The highest BCUT2D eigenvalue weighted by atomic mass is 32.2. The van der Waals surface area contributed by atoms with Gasteiger partial charge >= 0.3 is 11.9 Å². The number of rotatable bonds is 6. The summed E-state index contributed by atoms with van der Waals surface area (Å²) in [6.07, 6.45) is -2.09. The van der Waals surface area contributed by atoms with Gasteiger partial charge in [-0.15, -0.1) is 0 Å². The number of anilines is 1. The predicted molar refractivity (Wildman–Crippen MR) is 98.4 cm³/mol. The van der Waals surface area contributed by atoms with Crippen LogP contribution >= 0.6 is 11.8 Å². The Morgan fingerprint density at radius 3 is 2.61 bits per heavy atom. The van der Waals surface area contributed by atoms with E-state index in [1.54, 1.807) is 0 Å². The Labute approximate surface area is 162 Å². The summed E-state index contributed by atoms with van der Waals surface area (Å²) in [6, 6.07) is 4.19. The van der Waals surface area contributed by atoms with Gasteiger partial charge in [-0.05, 0) is 43.5 Å². The highest BCUT2D eigenvalue weighted by Crippen LogP contribution is 2.31. The van der Waals surface area contributed by atoms with Gasteiger partial charge in [-0.1, -0.05) is 11.8 Å². The van der Waals surface area contributed by atoms with Crippen LogP contribution < -0.4 is 11.0 Å². The van der Waals surface area contributed by atoms with Gasteiger partial charge in [0.25, 0.3) is 0 Å². The molecule has 1 aromatic carbocycles. The zero-order valence-corrected chi connectivity index (χ0v) is 15.6. The number of thioether (sulfide) groups is 1. The molecule has 2 N–H and O–H groups in total. The molecular weight excluding hydrogens is 395 g/mol. The Morgan fingerprint density at radius 1 is 1.25 bits per heavy atom. The van der Waals surface area contributed by atoms with E-state index >= 15 is 0 Å². The smallest absolute Gasteiger partial charge is 0.395 e. The predicted octanol–water partition coefficient (Wildman–Crippen LogP) is 2.47. The molecule has 1 aliphatic rings. The lowest BCUT2D eigenvalue weighted by molar-refractivity contribution is -0.137. The molecule has 1 aliphatic carbocycles. The molecule has 2 aromatic rings. The van der Waals surface area contributed by atoms with Crippen molar-refractivity contribution >= 4 is 23.4 Å². The Morgan fingerprint density at radius 2 is 1.96 bits per heavy atom. The maximum Gasteiger partial charge on any atom is 0.416 e. The summed E-state index contributed by atoms with van der Waals surface area (Å²) in [5.74, 6) is -0.429. The number of benzene rings is 1. The Bertz CT molecular complexity index is 927. The van der Waals surface area contributed by atoms with Crippen LogP contribution in [0.4, 0.5) is 18.9 Å². The third-order valence-corrected chi connectivity index (χ3v) is 5.38. The van der Waals surface area contributed by atoms with Crippen molar-refractivity contribution in [1.82, 2.24) is 9.55 Å². The van der Waals surface area contributed by atoms with Gasteiger partial charge in [0.05, 0.1) is 24.5 Å². The molecule has 0 bridgehead atoms. The molecule has 1 aromatic heterocycles. The average Bonchev–Trinajstić information content (AvgIpc) is 3.12. The average molecular weight is 413 g/mol. The molecule has 0 saturated heterocycles. The van der Waals surface area contributed by atoms with Crippen molar-refractivity contribution < 1.29 is 23.1 Å². The number of amides is 1. The number of fused-ring (bicyclic) bond motifs is 1. The first-order valence-electron chi connectivity index (χ1n) is 8.63. The molecule has 0 saturated carbocycles. The number of hydrogen-bond donors (Lipinski definition) is 2. The van der Waals surface area contributed by atoms with Crippen molar-refractivity contribution in [2.75, 3.05) is 17.7 Å². The number of nitrogens with zero attached hydrogens (tertiary/aromatic N) is 2. The molecule has 1 amide bonds. The quantitative estimate of drug-likeness (QED) is 0.562. The number of carbonyl (C=O) groups is 1. The second kappa shape index (κ2) is 8.36. The minimum atomic E-state index is -4.43. The van der Waals surface area contributed by atoms with Gasteiger partial charge in [0, 0.05) is 16.9 Å². The summed E-state index contributed by atoms with van der Waals surface area (Å²) in [6.45, 7) is 0.0313. The van der Waals surface area contributed by atoms with E-state index in [2.05, 4.69) is 10.3 Å². The number of halogens is 3. The fraction of sp³-hybridized carbons (Fsp3) is 0.389. The van der Waals surface area contributed by atoms with Crippen LogP contribution in [0.5, 0.6) is 0 Å². The summed E-state index contributed by atoms with van der Waals surface area (Å²) >= 11 is 1.12. The van der Waals surface area contributed by atoms with Gasteiger partial charge < -0.3 is 10.4 Å². The highest BCUT2D eigenvalue weighted by Gasteiger charge is 2.30. The van der Waals surface area contributed by atoms with Gasteiger partial charge in [-0.3, -0.25) is 9.36 Å². The largest absolute Gasteiger partial charge is 0.416 e. The summed E-state index contributed by atoms with van der Waals surface area (Å²) < 4.78 is 39.2. The molecule has 0 unspecified atom stereocenters. The molecule has 3 rings (SSSR count).